The van der Waals surface area contributed by atoms with Crippen LogP contribution in [0.25, 0.3) is 10.9 Å². The highest BCUT2D eigenvalue weighted by Crippen LogP contribution is 2.25. The van der Waals surface area contributed by atoms with Crippen LogP contribution >= 0.6 is 0 Å². The number of aromatic nitrogens is 1. The first-order valence-electron chi connectivity index (χ1n) is 11.6. The van der Waals surface area contributed by atoms with Crippen molar-refractivity contribution in [2.24, 2.45) is 0 Å². The van der Waals surface area contributed by atoms with Gasteiger partial charge in [0.25, 0.3) is 0 Å². The number of fused-ring (bicyclic) bond motifs is 1. The van der Waals surface area contributed by atoms with Gasteiger partial charge < -0.3 is 20.9 Å². The molecule has 10 heteroatoms. The second kappa shape index (κ2) is 10.3. The van der Waals surface area contributed by atoms with E-state index < -0.39 is 34.8 Å². The first-order valence-corrected chi connectivity index (χ1v) is 11.6. The van der Waals surface area contributed by atoms with Crippen LogP contribution in [0.5, 0.6) is 0 Å². The van der Waals surface area contributed by atoms with Crippen molar-refractivity contribution in [1.29, 1.82) is 0 Å². The third-order valence-corrected chi connectivity index (χ3v) is 6.04. The van der Waals surface area contributed by atoms with Gasteiger partial charge in [-0.15, -0.1) is 0 Å². The van der Waals surface area contributed by atoms with Crippen molar-refractivity contribution in [1.82, 2.24) is 10.3 Å². The Hall–Kier alpha value is -4.44. The van der Waals surface area contributed by atoms with Crippen molar-refractivity contribution in [3.63, 3.8) is 0 Å². The highest BCUT2D eigenvalue weighted by molar-refractivity contribution is 6.11. The molecule has 0 bridgehead atoms. The van der Waals surface area contributed by atoms with E-state index in [0.717, 1.165) is 56.1 Å². The maximum Gasteiger partial charge on any atom is 0.323 e. The Morgan fingerprint density at radius 3 is 2.35 bits per heavy atom. The normalized spacial score (nSPS) is 13.4. The van der Waals surface area contributed by atoms with E-state index >= 15 is 0 Å². The number of ketones is 1. The number of carbonyl (C=O) groups is 2. The largest absolute Gasteiger partial charge is 0.368 e. The Kier molecular flexibility index (Phi) is 6.74. The summed E-state index contributed by atoms with van der Waals surface area (Å²) in [7, 11) is 0. The van der Waals surface area contributed by atoms with Gasteiger partial charge in [-0.1, -0.05) is 0 Å². The molecule has 5 rings (SSSR count). The molecular weight excluding hydrogens is 483 g/mol. The van der Waals surface area contributed by atoms with Gasteiger partial charge in [-0.2, -0.15) is 0 Å². The highest BCUT2D eigenvalue weighted by atomic mass is 19.2. The molecule has 2 amide bonds. The first kappa shape index (κ1) is 24.3. The number of nitrogens with one attached hydrogen (secondary N) is 3. The molecule has 37 heavy (non-hydrogen) atoms. The van der Waals surface area contributed by atoms with Gasteiger partial charge in [0.05, 0.1) is 23.0 Å². The summed E-state index contributed by atoms with van der Waals surface area (Å²) < 4.78 is 42.1. The van der Waals surface area contributed by atoms with Crippen LogP contribution in [0.15, 0.2) is 66.9 Å². The van der Waals surface area contributed by atoms with E-state index in [-0.39, 0.29) is 11.3 Å². The number of anilines is 3. The van der Waals surface area contributed by atoms with Gasteiger partial charge in [-0.3, -0.25) is 9.78 Å². The standard InChI is InChI=1S/C27H22F3N5O2/c28-18-2-4-19(5-3-18)33-27(37)34-20-13-22(25(30)23(29)14-20)26(36)16-1-6-24-17(11-16)12-21(15-32-24)35-9-7-31-8-10-35/h1-6,11-15,31H,7-10H2,(H2,33,34,37). The Balaban J connectivity index is 1.39. The Bertz CT molecular complexity index is 1490. The number of rotatable bonds is 5. The lowest BCUT2D eigenvalue weighted by Gasteiger charge is -2.29. The monoisotopic (exact) mass is 505 g/mol. The van der Waals surface area contributed by atoms with Crippen LogP contribution in [0.1, 0.15) is 15.9 Å². The lowest BCUT2D eigenvalue weighted by molar-refractivity contribution is 0.103. The van der Waals surface area contributed by atoms with Gasteiger partial charge in [-0.05, 0) is 54.6 Å². The molecule has 0 atom stereocenters. The number of halogens is 3. The van der Waals surface area contributed by atoms with Gasteiger partial charge in [0, 0.05) is 54.6 Å². The minimum atomic E-state index is -1.32. The number of benzene rings is 3. The molecule has 2 heterocycles. The zero-order chi connectivity index (χ0) is 25.9. The SMILES string of the molecule is O=C(Nc1ccc(F)cc1)Nc1cc(F)c(F)c(C(=O)c2ccc3ncc(N4CCNCC4)cc3c2)c1. The Labute approximate surface area is 210 Å². The number of nitrogens with zero attached hydrogens (tertiary/aromatic N) is 2. The summed E-state index contributed by atoms with van der Waals surface area (Å²) in [5, 5.41) is 8.80. The number of piperazine rings is 1. The van der Waals surface area contributed by atoms with Gasteiger partial charge in [0.1, 0.15) is 5.82 Å². The van der Waals surface area contributed by atoms with E-state index in [0.29, 0.717) is 16.6 Å². The van der Waals surface area contributed by atoms with Crippen molar-refractivity contribution in [2.45, 2.75) is 0 Å². The molecule has 0 aliphatic carbocycles. The van der Waals surface area contributed by atoms with Crippen LogP contribution in [0.2, 0.25) is 0 Å². The molecule has 1 saturated heterocycles. The minimum Gasteiger partial charge on any atom is -0.368 e. The Morgan fingerprint density at radius 2 is 1.59 bits per heavy atom. The molecule has 0 radical (unpaired) electrons. The molecule has 7 nitrogen and oxygen atoms in total. The van der Waals surface area contributed by atoms with Crippen molar-refractivity contribution in [3.8, 4) is 0 Å². The lowest BCUT2D eigenvalue weighted by atomic mass is 10.00. The predicted octanol–water partition coefficient (Wildman–Crippen LogP) is 4.94. The topological polar surface area (TPSA) is 86.4 Å². The zero-order valence-corrected chi connectivity index (χ0v) is 19.5. The number of hydrogen-bond acceptors (Lipinski definition) is 5. The van der Waals surface area contributed by atoms with Gasteiger partial charge in [-0.25, -0.2) is 18.0 Å². The van der Waals surface area contributed by atoms with E-state index in [2.05, 4.69) is 25.8 Å². The van der Waals surface area contributed by atoms with E-state index in [1.807, 2.05) is 6.07 Å². The molecular formula is C27H22F3N5O2. The number of urea groups is 1. The number of carbonyl (C=O) groups excluding carboxylic acids is 2. The molecule has 0 saturated carbocycles. The maximum absolute atomic E-state index is 14.7. The van der Waals surface area contributed by atoms with Gasteiger partial charge in [0.15, 0.2) is 17.4 Å². The van der Waals surface area contributed by atoms with Crippen LogP contribution < -0.4 is 20.9 Å². The summed E-state index contributed by atoms with van der Waals surface area (Å²) in [5.74, 6) is -3.82. The lowest BCUT2D eigenvalue weighted by Crippen LogP contribution is -2.43. The van der Waals surface area contributed by atoms with Gasteiger partial charge >= 0.3 is 6.03 Å². The third-order valence-electron chi connectivity index (χ3n) is 6.04. The summed E-state index contributed by atoms with van der Waals surface area (Å²) in [5.41, 5.74) is 1.37. The van der Waals surface area contributed by atoms with Crippen molar-refractivity contribution in [3.05, 3.63) is 95.4 Å². The van der Waals surface area contributed by atoms with E-state index in [1.54, 1.807) is 18.3 Å². The molecule has 1 aliphatic rings. The fourth-order valence-corrected chi connectivity index (χ4v) is 4.17. The first-order chi connectivity index (χ1) is 17.9. The Morgan fingerprint density at radius 1 is 0.865 bits per heavy atom. The second-order valence-corrected chi connectivity index (χ2v) is 8.57. The van der Waals surface area contributed by atoms with Crippen LogP contribution in [0.4, 0.5) is 35.0 Å². The average molecular weight is 506 g/mol. The molecule has 3 N–H and O–H groups in total. The van der Waals surface area contributed by atoms with E-state index in [1.165, 1.54) is 18.2 Å². The van der Waals surface area contributed by atoms with Crippen molar-refractivity contribution >= 4 is 39.8 Å². The number of amides is 2. The quantitative estimate of drug-likeness (QED) is 0.335. The summed E-state index contributed by atoms with van der Waals surface area (Å²) >= 11 is 0. The minimum absolute atomic E-state index is 0.120. The number of pyridine rings is 1. The molecule has 188 valence electrons. The molecule has 0 spiro atoms. The van der Waals surface area contributed by atoms with Crippen molar-refractivity contribution in [2.75, 3.05) is 41.7 Å². The molecule has 1 aromatic heterocycles. The second-order valence-electron chi connectivity index (χ2n) is 8.57. The summed E-state index contributed by atoms with van der Waals surface area (Å²) in [6.45, 7) is 3.36. The molecule has 3 aromatic carbocycles. The van der Waals surface area contributed by atoms with Crippen LogP contribution in [-0.4, -0.2) is 43.0 Å². The fourth-order valence-electron chi connectivity index (χ4n) is 4.17. The molecule has 0 unspecified atom stereocenters. The summed E-state index contributed by atoms with van der Waals surface area (Å²) in [4.78, 5) is 32.1. The summed E-state index contributed by atoms with van der Waals surface area (Å²) in [6.07, 6.45) is 1.77. The molecule has 1 aliphatic heterocycles. The highest BCUT2D eigenvalue weighted by Gasteiger charge is 2.20. The molecule has 1 fully saturated rings. The predicted molar refractivity (Wildman–Crippen MR) is 136 cm³/mol. The summed E-state index contributed by atoms with van der Waals surface area (Å²) in [6, 6.07) is 12.8. The van der Waals surface area contributed by atoms with Crippen LogP contribution in [0.3, 0.4) is 0 Å². The smallest absolute Gasteiger partial charge is 0.323 e. The fraction of sp³-hybridized carbons (Fsp3) is 0.148. The maximum atomic E-state index is 14.7. The van der Waals surface area contributed by atoms with Gasteiger partial charge in [0.2, 0.25) is 0 Å². The average Bonchev–Trinajstić information content (AvgIpc) is 2.91. The van der Waals surface area contributed by atoms with Crippen molar-refractivity contribution < 1.29 is 22.8 Å². The van der Waals surface area contributed by atoms with Crippen LogP contribution in [-0.2, 0) is 0 Å². The molecule has 4 aromatic rings. The van der Waals surface area contributed by atoms with E-state index in [9.17, 15) is 22.8 Å². The number of hydrogen-bond donors (Lipinski definition) is 3. The van der Waals surface area contributed by atoms with Crippen LogP contribution in [0, 0.1) is 17.5 Å². The zero-order valence-electron chi connectivity index (χ0n) is 19.5. The third kappa shape index (κ3) is 5.39. The van der Waals surface area contributed by atoms with E-state index in [4.69, 9.17) is 0 Å².